The molecule has 0 N–H and O–H groups in total. The summed E-state index contributed by atoms with van der Waals surface area (Å²) in [5, 5.41) is 0. The number of methoxy groups -OCH3 is 3. The van der Waals surface area contributed by atoms with Crippen LogP contribution in [-0.4, -0.2) is 38.9 Å². The van der Waals surface area contributed by atoms with E-state index in [1.807, 2.05) is 0 Å². The molecule has 0 aromatic carbocycles. The van der Waals surface area contributed by atoms with Gasteiger partial charge in [0.2, 0.25) is 0 Å². The van der Waals surface area contributed by atoms with E-state index in [2.05, 4.69) is 20.8 Å². The Kier molecular flexibility index (Phi) is 10.8. The van der Waals surface area contributed by atoms with Crippen molar-refractivity contribution in [1.29, 1.82) is 0 Å². The Labute approximate surface area is 124 Å². The Morgan fingerprint density at radius 2 is 0.950 bits per heavy atom. The fourth-order valence-corrected chi connectivity index (χ4v) is 6.84. The minimum Gasteiger partial charge on any atom is -0.374 e. The molecule has 0 bridgehead atoms. The fraction of sp³-hybridized carbons (Fsp3) is 1.00. The van der Waals surface area contributed by atoms with Crippen LogP contribution in [0.25, 0.3) is 0 Å². The van der Waals surface area contributed by atoms with E-state index >= 15 is 0 Å². The summed E-state index contributed by atoms with van der Waals surface area (Å²) in [7, 11) is 2.16. The summed E-state index contributed by atoms with van der Waals surface area (Å²) in [4.78, 5) is 0. The topological polar surface area (TPSA) is 44.8 Å². The zero-order valence-electron chi connectivity index (χ0n) is 14.1. The van der Waals surface area contributed by atoms with Crippen molar-refractivity contribution in [3.8, 4) is 0 Å². The van der Waals surface area contributed by atoms with Crippen molar-refractivity contribution >= 4 is 7.14 Å². The van der Waals surface area contributed by atoms with Gasteiger partial charge in [0, 0.05) is 21.3 Å². The molecule has 0 amide bonds. The Balaban J connectivity index is 5.53. The molecule has 4 nitrogen and oxygen atoms in total. The highest BCUT2D eigenvalue weighted by Crippen LogP contribution is 2.63. The first-order valence-corrected chi connectivity index (χ1v) is 9.65. The second-order valence-electron chi connectivity index (χ2n) is 5.20. The van der Waals surface area contributed by atoms with Crippen LogP contribution < -0.4 is 0 Å². The van der Waals surface area contributed by atoms with Gasteiger partial charge in [-0.15, -0.1) is 0 Å². The maximum absolute atomic E-state index is 13.8. The molecule has 0 aliphatic rings. The molecule has 3 atom stereocenters. The summed E-state index contributed by atoms with van der Waals surface area (Å²) < 4.78 is 30.6. The van der Waals surface area contributed by atoms with E-state index in [1.54, 1.807) is 21.3 Å². The maximum atomic E-state index is 13.8. The Morgan fingerprint density at radius 3 is 1.10 bits per heavy atom. The smallest absolute Gasteiger partial charge is 0.169 e. The first-order valence-electron chi connectivity index (χ1n) is 7.74. The summed E-state index contributed by atoms with van der Waals surface area (Å²) in [5.74, 6) is -0.832. The third-order valence-electron chi connectivity index (χ3n) is 3.77. The molecule has 0 spiro atoms. The zero-order valence-corrected chi connectivity index (χ0v) is 14.9. The van der Waals surface area contributed by atoms with Gasteiger partial charge in [0.05, 0.1) is 0 Å². The summed E-state index contributed by atoms with van der Waals surface area (Å²) in [6, 6.07) is 0. The Bertz CT molecular complexity index is 240. The number of hydrogen-bond acceptors (Lipinski definition) is 4. The normalized spacial score (nSPS) is 19.3. The van der Waals surface area contributed by atoms with Gasteiger partial charge in [0.25, 0.3) is 0 Å². The molecule has 0 radical (unpaired) electrons. The van der Waals surface area contributed by atoms with Gasteiger partial charge in [-0.2, -0.15) is 0 Å². The third-order valence-corrected chi connectivity index (χ3v) is 7.88. The highest BCUT2D eigenvalue weighted by molar-refractivity contribution is 7.65. The van der Waals surface area contributed by atoms with Crippen LogP contribution in [0.3, 0.4) is 0 Å². The highest BCUT2D eigenvalue weighted by atomic mass is 31.2. The van der Waals surface area contributed by atoms with Gasteiger partial charge in [-0.3, -0.25) is 0 Å². The lowest BCUT2D eigenvalue weighted by Crippen LogP contribution is -2.30. The van der Waals surface area contributed by atoms with Gasteiger partial charge >= 0.3 is 0 Å². The van der Waals surface area contributed by atoms with E-state index in [4.69, 9.17) is 14.2 Å². The van der Waals surface area contributed by atoms with Crippen molar-refractivity contribution in [3.63, 3.8) is 0 Å². The van der Waals surface area contributed by atoms with Crippen LogP contribution in [0.2, 0.25) is 0 Å². The molecule has 20 heavy (non-hydrogen) atoms. The molecule has 0 saturated carbocycles. The van der Waals surface area contributed by atoms with Gasteiger partial charge in [-0.05, 0) is 19.3 Å². The molecular weight excluding hydrogens is 275 g/mol. The molecule has 0 aliphatic heterocycles. The second kappa shape index (κ2) is 10.8. The van der Waals surface area contributed by atoms with Crippen molar-refractivity contribution in [2.75, 3.05) is 21.3 Å². The zero-order chi connectivity index (χ0) is 15.6. The van der Waals surface area contributed by atoms with Crippen molar-refractivity contribution in [2.24, 2.45) is 0 Å². The molecule has 3 unspecified atom stereocenters. The third kappa shape index (κ3) is 4.84. The molecule has 0 rings (SSSR count). The minimum absolute atomic E-state index is 0.277. The largest absolute Gasteiger partial charge is 0.374 e. The van der Waals surface area contributed by atoms with Gasteiger partial charge in [-0.25, -0.2) is 0 Å². The SMILES string of the molecule is CCCC(OC)P(=O)(C(CCC)OC)C(CCC)OC. The van der Waals surface area contributed by atoms with Crippen LogP contribution in [0.15, 0.2) is 0 Å². The van der Waals surface area contributed by atoms with Gasteiger partial charge in [0.15, 0.2) is 7.14 Å². The van der Waals surface area contributed by atoms with E-state index in [0.29, 0.717) is 0 Å². The van der Waals surface area contributed by atoms with E-state index in [-0.39, 0.29) is 17.5 Å². The number of hydrogen-bond donors (Lipinski definition) is 0. The molecule has 5 heteroatoms. The van der Waals surface area contributed by atoms with Gasteiger partial charge in [-0.1, -0.05) is 40.0 Å². The summed E-state index contributed by atoms with van der Waals surface area (Å²) in [6.07, 6.45) is 5.15. The predicted molar refractivity (Wildman–Crippen MR) is 84.7 cm³/mol. The first-order chi connectivity index (χ1) is 9.56. The van der Waals surface area contributed by atoms with Crippen LogP contribution in [0, 0.1) is 0 Å². The summed E-state index contributed by atoms with van der Waals surface area (Å²) in [6.45, 7) is 6.25. The molecule has 0 aromatic rings. The first kappa shape index (κ1) is 20.1. The molecule has 0 saturated heterocycles. The molecule has 0 aromatic heterocycles. The molecular formula is C15H33O4P. The molecule has 0 aliphatic carbocycles. The van der Waals surface area contributed by atoms with E-state index < -0.39 is 7.14 Å². The second-order valence-corrected chi connectivity index (χ2v) is 8.46. The van der Waals surface area contributed by atoms with E-state index in [1.165, 1.54) is 0 Å². The highest BCUT2D eigenvalue weighted by Gasteiger charge is 2.46. The van der Waals surface area contributed by atoms with Crippen LogP contribution >= 0.6 is 7.14 Å². The monoisotopic (exact) mass is 308 g/mol. The summed E-state index contributed by atoms with van der Waals surface area (Å²) in [5.41, 5.74) is 0. The van der Waals surface area contributed by atoms with Gasteiger partial charge < -0.3 is 18.8 Å². The van der Waals surface area contributed by atoms with Crippen molar-refractivity contribution in [3.05, 3.63) is 0 Å². The quantitative estimate of drug-likeness (QED) is 0.492. The molecule has 0 heterocycles. The standard InChI is InChI=1S/C15H33O4P/c1-7-10-13(17-4)20(16,14(18-5)11-8-2)15(19-6)12-9-3/h13-15H,7-12H2,1-6H3. The van der Waals surface area contributed by atoms with Crippen molar-refractivity contribution in [1.82, 2.24) is 0 Å². The van der Waals surface area contributed by atoms with E-state index in [0.717, 1.165) is 38.5 Å². The average Bonchev–Trinajstić information content (AvgIpc) is 2.46. The van der Waals surface area contributed by atoms with Crippen LogP contribution in [0.1, 0.15) is 59.3 Å². The summed E-state index contributed by atoms with van der Waals surface area (Å²) >= 11 is 0. The Hall–Kier alpha value is 0.110. The minimum atomic E-state index is -2.77. The lowest BCUT2D eigenvalue weighted by Gasteiger charge is -2.37. The lowest BCUT2D eigenvalue weighted by atomic mass is 10.3. The van der Waals surface area contributed by atoms with Gasteiger partial charge in [0.1, 0.15) is 17.5 Å². The fourth-order valence-electron chi connectivity index (χ4n) is 2.75. The van der Waals surface area contributed by atoms with Crippen molar-refractivity contribution < 1.29 is 18.8 Å². The molecule has 122 valence electrons. The lowest BCUT2D eigenvalue weighted by molar-refractivity contribution is 0.0915. The van der Waals surface area contributed by atoms with Crippen LogP contribution in [0.5, 0.6) is 0 Å². The molecule has 0 fully saturated rings. The Morgan fingerprint density at radius 1 is 0.700 bits per heavy atom. The van der Waals surface area contributed by atoms with Crippen LogP contribution in [0.4, 0.5) is 0 Å². The number of ether oxygens (including phenoxy) is 3. The average molecular weight is 308 g/mol. The van der Waals surface area contributed by atoms with E-state index in [9.17, 15) is 4.57 Å². The van der Waals surface area contributed by atoms with Crippen LogP contribution in [-0.2, 0) is 18.8 Å². The van der Waals surface area contributed by atoms with Crippen molar-refractivity contribution in [2.45, 2.75) is 76.8 Å². The maximum Gasteiger partial charge on any atom is 0.169 e. The predicted octanol–water partition coefficient (Wildman–Crippen LogP) is 4.67. The number of rotatable bonds is 12.